The van der Waals surface area contributed by atoms with E-state index in [-0.39, 0.29) is 0 Å². The highest BCUT2D eigenvalue weighted by molar-refractivity contribution is 5.73. The highest BCUT2D eigenvalue weighted by Gasteiger charge is 2.60. The number of nitrogens with one attached hydrogen (secondary N) is 1. The number of aliphatic hydroxyl groups is 9. The fourth-order valence-corrected chi connectivity index (χ4v) is 4.10. The molecule has 30 heavy (non-hydrogen) atoms. The van der Waals surface area contributed by atoms with Crippen LogP contribution in [0, 0.1) is 5.92 Å². The molecule has 10 N–H and O–H groups in total. The van der Waals surface area contributed by atoms with E-state index in [1.807, 2.05) is 0 Å². The lowest BCUT2D eigenvalue weighted by atomic mass is 9.74. The lowest BCUT2D eigenvalue weighted by Crippen LogP contribution is -2.73. The van der Waals surface area contributed by atoms with Crippen molar-refractivity contribution in [2.24, 2.45) is 5.92 Å². The van der Waals surface area contributed by atoms with E-state index in [1.165, 1.54) is 0 Å². The number of hydrogen-bond donors (Lipinski definition) is 10. The van der Waals surface area contributed by atoms with E-state index >= 15 is 0 Å². The van der Waals surface area contributed by atoms with Gasteiger partial charge >= 0.3 is 0 Å². The van der Waals surface area contributed by atoms with Crippen LogP contribution < -0.4 is 5.32 Å². The first kappa shape index (κ1) is 25.3. The summed E-state index contributed by atoms with van der Waals surface area (Å²) in [5, 5.41) is 93.1. The summed E-state index contributed by atoms with van der Waals surface area (Å²) in [7, 11) is 0. The maximum absolute atomic E-state index is 11.6. The molecule has 2 aliphatic rings. The first-order chi connectivity index (χ1) is 13.9. The van der Waals surface area contributed by atoms with Gasteiger partial charge in [-0.2, -0.15) is 0 Å². The highest BCUT2D eigenvalue weighted by Crippen LogP contribution is 2.41. The summed E-state index contributed by atoms with van der Waals surface area (Å²) in [5.74, 6) is -4.55. The molecule has 2 fully saturated rings. The van der Waals surface area contributed by atoms with Crippen molar-refractivity contribution in [3.05, 3.63) is 0 Å². The van der Waals surface area contributed by atoms with Gasteiger partial charge in [-0.05, 0) is 6.92 Å². The molecule has 1 unspecified atom stereocenters. The molecule has 2 saturated heterocycles. The molecule has 0 aromatic rings. The van der Waals surface area contributed by atoms with Crippen molar-refractivity contribution in [1.82, 2.24) is 5.32 Å². The number of amides is 1. The van der Waals surface area contributed by atoms with Crippen LogP contribution in [0.1, 0.15) is 13.8 Å². The zero-order valence-corrected chi connectivity index (χ0v) is 16.5. The molecule has 2 rings (SSSR count). The van der Waals surface area contributed by atoms with Crippen molar-refractivity contribution >= 4 is 5.91 Å². The van der Waals surface area contributed by atoms with Crippen molar-refractivity contribution in [2.45, 2.75) is 80.6 Å². The quantitative estimate of drug-likeness (QED) is 0.186. The Balaban J connectivity index is 2.42. The zero-order chi connectivity index (χ0) is 23.0. The molecular weight excluding hydrogens is 410 g/mol. The van der Waals surface area contributed by atoms with Crippen LogP contribution in [0.4, 0.5) is 0 Å². The molecule has 176 valence electrons. The number of carbonyl (C=O) groups is 1. The lowest BCUT2D eigenvalue weighted by molar-refractivity contribution is -0.356. The monoisotopic (exact) mass is 441 g/mol. The largest absolute Gasteiger partial charge is 0.394 e. The van der Waals surface area contributed by atoms with Crippen molar-refractivity contribution in [3.8, 4) is 0 Å². The van der Waals surface area contributed by atoms with Gasteiger partial charge in [0.2, 0.25) is 5.91 Å². The molecular formula is C17H31NO12. The molecule has 13 nitrogen and oxygen atoms in total. The van der Waals surface area contributed by atoms with E-state index in [9.17, 15) is 45.6 Å². The number of carbonyl (C=O) groups excluding carboxylic acids is 1. The van der Waals surface area contributed by atoms with Crippen LogP contribution in [0.2, 0.25) is 0 Å². The van der Waals surface area contributed by atoms with Crippen molar-refractivity contribution in [2.75, 3.05) is 13.2 Å². The first-order valence-electron chi connectivity index (χ1n) is 9.50. The second-order valence-electron chi connectivity index (χ2n) is 7.91. The van der Waals surface area contributed by atoms with Crippen LogP contribution in [0.5, 0.6) is 0 Å². The van der Waals surface area contributed by atoms with Gasteiger partial charge in [0.05, 0.1) is 37.4 Å². The second-order valence-corrected chi connectivity index (χ2v) is 7.91. The lowest BCUT2D eigenvalue weighted by Gasteiger charge is -2.54. The third-order valence-electron chi connectivity index (χ3n) is 5.65. The number of hydrogen-bond acceptors (Lipinski definition) is 12. The van der Waals surface area contributed by atoms with E-state index in [0.29, 0.717) is 0 Å². The van der Waals surface area contributed by atoms with Gasteiger partial charge in [-0.25, -0.2) is 0 Å². The van der Waals surface area contributed by atoms with Gasteiger partial charge in [0.15, 0.2) is 5.79 Å². The minimum Gasteiger partial charge on any atom is -0.394 e. The minimum absolute atomic E-state index is 0.660. The fourth-order valence-electron chi connectivity index (χ4n) is 4.10. The summed E-state index contributed by atoms with van der Waals surface area (Å²) >= 11 is 0. The standard InChI is InChI=1S/C17H31NO12/c1-5(21)18-9-12(25)8(15-14(27)13(26)11(24)7(4-20)29-15)17(2,28)30-16(9)10(23)6(22)3-19/h6-16,19-20,22-28H,3-4H2,1-2H3,(H,18,21)/t6-,7-,8?,9-,10-,11+,12+,13+,14-,15+,16-,17+/m1/s1. The number of rotatable bonds is 6. The average molecular weight is 441 g/mol. The van der Waals surface area contributed by atoms with E-state index in [1.54, 1.807) is 0 Å². The Kier molecular flexibility index (Phi) is 8.15. The third-order valence-corrected chi connectivity index (χ3v) is 5.65. The predicted octanol–water partition coefficient (Wildman–Crippen LogP) is -5.87. The van der Waals surface area contributed by atoms with Gasteiger partial charge in [0.1, 0.15) is 42.7 Å². The summed E-state index contributed by atoms with van der Waals surface area (Å²) in [5.41, 5.74) is 0. The van der Waals surface area contributed by atoms with E-state index < -0.39 is 91.8 Å². The molecule has 2 aliphatic heterocycles. The van der Waals surface area contributed by atoms with Crippen LogP contribution >= 0.6 is 0 Å². The van der Waals surface area contributed by atoms with Crippen LogP contribution in [-0.4, -0.2) is 132 Å². The van der Waals surface area contributed by atoms with Crippen LogP contribution in [0.25, 0.3) is 0 Å². The van der Waals surface area contributed by atoms with E-state index in [4.69, 9.17) is 14.6 Å². The maximum Gasteiger partial charge on any atom is 0.217 e. The van der Waals surface area contributed by atoms with Gasteiger partial charge in [0.25, 0.3) is 0 Å². The van der Waals surface area contributed by atoms with Crippen molar-refractivity contribution in [1.29, 1.82) is 0 Å². The fraction of sp³-hybridized carbons (Fsp3) is 0.941. The Hall–Kier alpha value is -0.970. The van der Waals surface area contributed by atoms with Crippen molar-refractivity contribution < 1.29 is 60.2 Å². The summed E-state index contributed by atoms with van der Waals surface area (Å²) in [4.78, 5) is 11.6. The van der Waals surface area contributed by atoms with Gasteiger partial charge < -0.3 is 60.7 Å². The van der Waals surface area contributed by atoms with E-state index in [2.05, 4.69) is 5.32 Å². The zero-order valence-electron chi connectivity index (χ0n) is 16.5. The van der Waals surface area contributed by atoms with Crippen LogP contribution in [-0.2, 0) is 14.3 Å². The second kappa shape index (κ2) is 9.67. The van der Waals surface area contributed by atoms with E-state index in [0.717, 1.165) is 13.8 Å². The van der Waals surface area contributed by atoms with Crippen LogP contribution in [0.15, 0.2) is 0 Å². The van der Waals surface area contributed by atoms with Gasteiger partial charge in [-0.15, -0.1) is 0 Å². The molecule has 0 saturated carbocycles. The molecule has 0 aromatic carbocycles. The number of ether oxygens (including phenoxy) is 2. The summed E-state index contributed by atoms with van der Waals surface area (Å²) < 4.78 is 10.9. The molecule has 0 bridgehead atoms. The SMILES string of the molecule is CC(=O)N[C@H]1[C@H]([C@H](O)[C@H](O)CO)O[C@](C)(O)C([C@@H]2O[C@H](CO)[C@H](O)[C@H](O)[C@H]2O)[C@@H]1O. The van der Waals surface area contributed by atoms with Gasteiger partial charge in [0, 0.05) is 6.92 Å². The van der Waals surface area contributed by atoms with Gasteiger partial charge in [-0.3, -0.25) is 4.79 Å². The Bertz CT molecular complexity index is 589. The normalized spacial score (nSPS) is 46.8. The van der Waals surface area contributed by atoms with Crippen molar-refractivity contribution in [3.63, 3.8) is 0 Å². The molecule has 0 spiro atoms. The molecule has 13 heteroatoms. The predicted molar refractivity (Wildman–Crippen MR) is 95.5 cm³/mol. The van der Waals surface area contributed by atoms with Crippen LogP contribution in [0.3, 0.4) is 0 Å². The molecule has 0 radical (unpaired) electrons. The highest BCUT2D eigenvalue weighted by atomic mass is 16.6. The molecule has 0 aromatic heterocycles. The average Bonchev–Trinajstić information content (AvgIpc) is 2.68. The van der Waals surface area contributed by atoms with Gasteiger partial charge in [-0.1, -0.05) is 0 Å². The first-order valence-corrected chi connectivity index (χ1v) is 9.50. The Morgan fingerprint density at radius 1 is 1.07 bits per heavy atom. The Labute approximate surface area is 172 Å². The molecule has 12 atom stereocenters. The smallest absolute Gasteiger partial charge is 0.217 e. The Morgan fingerprint density at radius 2 is 1.67 bits per heavy atom. The molecule has 1 amide bonds. The molecule has 0 aliphatic carbocycles. The molecule has 2 heterocycles. The summed E-state index contributed by atoms with van der Waals surface area (Å²) in [6.07, 6.45) is -15.1. The third kappa shape index (κ3) is 4.76. The topological polar surface area (TPSA) is 230 Å². The summed E-state index contributed by atoms with van der Waals surface area (Å²) in [6, 6.07) is -1.43. The number of aliphatic hydroxyl groups excluding tert-OH is 8. The maximum atomic E-state index is 11.6. The summed E-state index contributed by atoms with van der Waals surface area (Å²) in [6.45, 7) is 0.556. The Morgan fingerprint density at radius 3 is 2.17 bits per heavy atom. The minimum atomic E-state index is -2.34.